The molecule has 1 fully saturated rings. The van der Waals surface area contributed by atoms with Crippen LogP contribution in [0.1, 0.15) is 52.9 Å². The van der Waals surface area contributed by atoms with Gasteiger partial charge >= 0.3 is 0 Å². The van der Waals surface area contributed by atoms with Gasteiger partial charge in [0.1, 0.15) is 0 Å². The van der Waals surface area contributed by atoms with Gasteiger partial charge < -0.3 is 15.7 Å². The van der Waals surface area contributed by atoms with Crippen LogP contribution in [0.25, 0.3) is 0 Å². The van der Waals surface area contributed by atoms with Gasteiger partial charge in [0.2, 0.25) is 5.91 Å². The van der Waals surface area contributed by atoms with Crippen molar-refractivity contribution in [2.75, 3.05) is 13.2 Å². The minimum absolute atomic E-state index is 0.0275. The summed E-state index contributed by atoms with van der Waals surface area (Å²) >= 11 is 0. The van der Waals surface area contributed by atoms with Crippen molar-refractivity contribution in [3.8, 4) is 0 Å². The predicted molar refractivity (Wildman–Crippen MR) is 77.6 cm³/mol. The summed E-state index contributed by atoms with van der Waals surface area (Å²) in [6.07, 6.45) is 4.96. The van der Waals surface area contributed by atoms with Gasteiger partial charge in [-0.15, -0.1) is 0 Å². The smallest absolute Gasteiger partial charge is 0.227 e. The maximum absolute atomic E-state index is 12.7. The number of rotatable bonds is 6. The van der Waals surface area contributed by atoms with Crippen molar-refractivity contribution in [3.63, 3.8) is 0 Å². The van der Waals surface area contributed by atoms with Crippen molar-refractivity contribution >= 4 is 5.91 Å². The molecule has 0 aromatic carbocycles. The summed E-state index contributed by atoms with van der Waals surface area (Å²) in [5.41, 5.74) is 6.23. The average Bonchev–Trinajstić information content (AvgIpc) is 2.41. The fourth-order valence-corrected chi connectivity index (χ4v) is 3.25. The first-order chi connectivity index (χ1) is 9.06. The van der Waals surface area contributed by atoms with Gasteiger partial charge in [0.15, 0.2) is 0 Å². The highest BCUT2D eigenvalue weighted by Crippen LogP contribution is 2.30. The van der Waals surface area contributed by atoms with Crippen LogP contribution in [0.15, 0.2) is 0 Å². The number of hydrogen-bond acceptors (Lipinski definition) is 3. The summed E-state index contributed by atoms with van der Waals surface area (Å²) < 4.78 is 0. The molecule has 3 N–H and O–H groups in total. The van der Waals surface area contributed by atoms with Crippen LogP contribution in [0.2, 0.25) is 0 Å². The van der Waals surface area contributed by atoms with Gasteiger partial charge in [0.05, 0.1) is 12.5 Å². The summed E-state index contributed by atoms with van der Waals surface area (Å²) in [5.74, 6) is 0.512. The summed E-state index contributed by atoms with van der Waals surface area (Å²) in [6.45, 7) is 6.78. The Labute approximate surface area is 117 Å². The van der Waals surface area contributed by atoms with Gasteiger partial charge in [-0.25, -0.2) is 0 Å². The van der Waals surface area contributed by atoms with Crippen LogP contribution >= 0.6 is 0 Å². The summed E-state index contributed by atoms with van der Waals surface area (Å²) in [4.78, 5) is 14.6. The fraction of sp³-hybridized carbons (Fsp3) is 0.933. The Bertz CT molecular complexity index is 279. The molecule has 0 radical (unpaired) electrons. The molecule has 3 atom stereocenters. The molecule has 3 unspecified atom stereocenters. The van der Waals surface area contributed by atoms with Crippen LogP contribution in [0, 0.1) is 11.8 Å². The molecule has 0 saturated heterocycles. The molecule has 0 aromatic heterocycles. The number of carbonyl (C=O) groups is 1. The second-order valence-electron chi connectivity index (χ2n) is 5.82. The molecule has 1 aliphatic carbocycles. The minimum atomic E-state index is -0.0594. The Morgan fingerprint density at radius 3 is 2.53 bits per heavy atom. The maximum Gasteiger partial charge on any atom is 0.227 e. The van der Waals surface area contributed by atoms with Crippen LogP contribution in [0.3, 0.4) is 0 Å². The monoisotopic (exact) mass is 270 g/mol. The second kappa shape index (κ2) is 7.85. The second-order valence-corrected chi connectivity index (χ2v) is 5.82. The molecule has 0 heterocycles. The molecular weight excluding hydrogens is 240 g/mol. The number of carbonyl (C=O) groups excluding carboxylic acids is 1. The van der Waals surface area contributed by atoms with Crippen molar-refractivity contribution in [2.45, 2.75) is 65.0 Å². The van der Waals surface area contributed by atoms with E-state index in [-0.39, 0.29) is 30.5 Å². The average molecular weight is 270 g/mol. The topological polar surface area (TPSA) is 66.6 Å². The molecule has 112 valence electrons. The molecule has 0 bridgehead atoms. The van der Waals surface area contributed by atoms with E-state index >= 15 is 0 Å². The summed E-state index contributed by atoms with van der Waals surface area (Å²) in [5, 5.41) is 9.22. The van der Waals surface area contributed by atoms with Gasteiger partial charge in [-0.3, -0.25) is 4.79 Å². The van der Waals surface area contributed by atoms with E-state index in [9.17, 15) is 9.90 Å². The Kier molecular flexibility index (Phi) is 6.80. The van der Waals surface area contributed by atoms with Gasteiger partial charge in [-0.1, -0.05) is 27.2 Å². The first-order valence-electron chi connectivity index (χ1n) is 7.73. The third-order valence-corrected chi connectivity index (χ3v) is 4.62. The van der Waals surface area contributed by atoms with Crippen molar-refractivity contribution in [1.82, 2.24) is 4.90 Å². The van der Waals surface area contributed by atoms with Crippen molar-refractivity contribution < 1.29 is 9.90 Å². The SMILES string of the molecule is CCC(CC)N(CCO)C(=O)C1CCCC(C)C1N. The van der Waals surface area contributed by atoms with Gasteiger partial charge in [-0.2, -0.15) is 0 Å². The highest BCUT2D eigenvalue weighted by Gasteiger charge is 2.36. The molecule has 4 heteroatoms. The highest BCUT2D eigenvalue weighted by molar-refractivity contribution is 5.80. The molecule has 1 amide bonds. The van der Waals surface area contributed by atoms with E-state index < -0.39 is 0 Å². The number of hydrogen-bond donors (Lipinski definition) is 2. The van der Waals surface area contributed by atoms with Crippen LogP contribution in [0.4, 0.5) is 0 Å². The largest absolute Gasteiger partial charge is 0.395 e. The lowest BCUT2D eigenvalue weighted by molar-refractivity contribution is -0.141. The molecule has 0 aromatic rings. The Morgan fingerprint density at radius 1 is 1.37 bits per heavy atom. The van der Waals surface area contributed by atoms with Crippen LogP contribution in [-0.4, -0.2) is 41.1 Å². The van der Waals surface area contributed by atoms with Crippen molar-refractivity contribution in [2.24, 2.45) is 17.6 Å². The first kappa shape index (κ1) is 16.4. The first-order valence-corrected chi connectivity index (χ1v) is 7.73. The van der Waals surface area contributed by atoms with Gasteiger partial charge in [-0.05, 0) is 31.6 Å². The summed E-state index contributed by atoms with van der Waals surface area (Å²) in [6, 6.07) is 0.195. The quantitative estimate of drug-likeness (QED) is 0.773. The zero-order valence-electron chi connectivity index (χ0n) is 12.6. The number of amides is 1. The van der Waals surface area contributed by atoms with Crippen molar-refractivity contribution in [1.29, 1.82) is 0 Å². The van der Waals surface area contributed by atoms with E-state index in [1.165, 1.54) is 0 Å². The normalized spacial score (nSPS) is 27.6. The Balaban J connectivity index is 2.80. The van der Waals surface area contributed by atoms with Gasteiger partial charge in [0.25, 0.3) is 0 Å². The van der Waals surface area contributed by atoms with Crippen LogP contribution in [-0.2, 0) is 4.79 Å². The number of aliphatic hydroxyl groups excluding tert-OH is 1. The Hall–Kier alpha value is -0.610. The van der Waals surface area contributed by atoms with E-state index in [4.69, 9.17) is 5.73 Å². The number of nitrogens with zero attached hydrogens (tertiary/aromatic N) is 1. The number of aliphatic hydroxyl groups is 1. The van der Waals surface area contributed by atoms with Crippen LogP contribution in [0.5, 0.6) is 0 Å². The van der Waals surface area contributed by atoms with E-state index in [1.54, 1.807) is 0 Å². The van der Waals surface area contributed by atoms with Crippen LogP contribution < -0.4 is 5.73 Å². The lowest BCUT2D eigenvalue weighted by atomic mass is 9.77. The Morgan fingerprint density at radius 2 is 2.00 bits per heavy atom. The van der Waals surface area contributed by atoms with E-state index in [2.05, 4.69) is 20.8 Å². The predicted octanol–water partition coefficient (Wildman–Crippen LogP) is 1.76. The standard InChI is InChI=1S/C15H30N2O2/c1-4-12(5-2)17(9-10-18)15(19)13-8-6-7-11(3)14(13)16/h11-14,18H,4-10,16H2,1-3H3. The zero-order chi connectivity index (χ0) is 14.4. The fourth-order valence-electron chi connectivity index (χ4n) is 3.25. The molecule has 0 aliphatic heterocycles. The lowest BCUT2D eigenvalue weighted by Crippen LogP contribution is -2.52. The van der Waals surface area contributed by atoms with E-state index in [1.807, 2.05) is 4.90 Å². The minimum Gasteiger partial charge on any atom is -0.395 e. The third kappa shape index (κ3) is 3.93. The van der Waals surface area contributed by atoms with E-state index in [0.29, 0.717) is 12.5 Å². The molecule has 19 heavy (non-hydrogen) atoms. The maximum atomic E-state index is 12.7. The highest BCUT2D eigenvalue weighted by atomic mass is 16.3. The van der Waals surface area contributed by atoms with Crippen molar-refractivity contribution in [3.05, 3.63) is 0 Å². The molecule has 1 rings (SSSR count). The number of nitrogens with two attached hydrogens (primary N) is 1. The van der Waals surface area contributed by atoms with Gasteiger partial charge in [0, 0.05) is 18.6 Å². The molecule has 1 saturated carbocycles. The molecule has 0 spiro atoms. The zero-order valence-corrected chi connectivity index (χ0v) is 12.6. The van der Waals surface area contributed by atoms with E-state index in [0.717, 1.165) is 32.1 Å². The molecular formula is C15H30N2O2. The molecule has 4 nitrogen and oxygen atoms in total. The summed E-state index contributed by atoms with van der Waals surface area (Å²) in [7, 11) is 0. The lowest BCUT2D eigenvalue weighted by Gasteiger charge is -2.39. The molecule has 1 aliphatic rings. The third-order valence-electron chi connectivity index (χ3n) is 4.62.